The van der Waals surface area contributed by atoms with E-state index in [1.54, 1.807) is 20.3 Å². The van der Waals surface area contributed by atoms with Gasteiger partial charge in [0.05, 0.1) is 19.9 Å². The topological polar surface area (TPSA) is 64.2 Å². The predicted octanol–water partition coefficient (Wildman–Crippen LogP) is 1.76. The molecule has 5 nitrogen and oxygen atoms in total. The Morgan fingerprint density at radius 3 is 2.67 bits per heavy atom. The number of aromatic amines is 1. The second kappa shape index (κ2) is 4.91. The number of hydrogen-bond acceptors (Lipinski definition) is 4. The molecule has 0 aliphatic heterocycles. The molecule has 0 unspecified atom stereocenters. The Labute approximate surface area is 104 Å². The monoisotopic (exact) mass is 246 g/mol. The van der Waals surface area contributed by atoms with Gasteiger partial charge < -0.3 is 14.5 Å². The van der Waals surface area contributed by atoms with Gasteiger partial charge in [-0.3, -0.25) is 0 Å². The van der Waals surface area contributed by atoms with Crippen LogP contribution in [0.4, 0.5) is 0 Å². The highest BCUT2D eigenvalue weighted by Crippen LogP contribution is 2.37. The van der Waals surface area contributed by atoms with Gasteiger partial charge in [0.2, 0.25) is 0 Å². The summed E-state index contributed by atoms with van der Waals surface area (Å²) >= 11 is 0. The maximum Gasteiger partial charge on any atom is 0.345 e. The number of methoxy groups -OCH3 is 2. The van der Waals surface area contributed by atoms with Crippen LogP contribution in [0.25, 0.3) is 11.3 Å². The van der Waals surface area contributed by atoms with E-state index in [2.05, 4.69) is 9.97 Å². The third kappa shape index (κ3) is 2.07. The third-order valence-electron chi connectivity index (χ3n) is 2.67. The summed E-state index contributed by atoms with van der Waals surface area (Å²) in [6.45, 7) is 1.87. The molecule has 18 heavy (non-hydrogen) atoms. The van der Waals surface area contributed by atoms with Gasteiger partial charge in [-0.25, -0.2) is 9.78 Å². The van der Waals surface area contributed by atoms with Gasteiger partial charge >= 0.3 is 5.69 Å². The minimum absolute atomic E-state index is 0.388. The molecule has 94 valence electrons. The van der Waals surface area contributed by atoms with Crippen LogP contribution in [0.1, 0.15) is 5.56 Å². The van der Waals surface area contributed by atoms with Crippen molar-refractivity contribution in [2.45, 2.75) is 6.92 Å². The van der Waals surface area contributed by atoms with Crippen molar-refractivity contribution in [1.82, 2.24) is 9.97 Å². The fraction of sp³-hybridized carbons (Fsp3) is 0.231. The molecule has 1 aromatic carbocycles. The van der Waals surface area contributed by atoms with E-state index in [4.69, 9.17) is 9.47 Å². The predicted molar refractivity (Wildman–Crippen MR) is 68.1 cm³/mol. The van der Waals surface area contributed by atoms with Gasteiger partial charge in [-0.15, -0.1) is 0 Å². The number of hydrogen-bond donors (Lipinski definition) is 1. The van der Waals surface area contributed by atoms with Crippen LogP contribution in [0.3, 0.4) is 0 Å². The van der Waals surface area contributed by atoms with E-state index < -0.39 is 0 Å². The normalized spacial score (nSPS) is 10.2. The van der Waals surface area contributed by atoms with Crippen molar-refractivity contribution >= 4 is 0 Å². The van der Waals surface area contributed by atoms with Crippen LogP contribution in [-0.2, 0) is 0 Å². The van der Waals surface area contributed by atoms with Gasteiger partial charge in [0.15, 0.2) is 11.5 Å². The molecule has 0 saturated carbocycles. The Bertz CT molecular complexity index is 620. The average Bonchev–Trinajstić information content (AvgIpc) is 2.40. The van der Waals surface area contributed by atoms with Gasteiger partial charge in [-0.2, -0.15) is 0 Å². The molecule has 0 aliphatic carbocycles. The molecule has 0 amide bonds. The first kappa shape index (κ1) is 12.2. The number of para-hydroxylation sites is 1. The van der Waals surface area contributed by atoms with Gasteiger partial charge in [-0.1, -0.05) is 6.07 Å². The van der Waals surface area contributed by atoms with E-state index in [9.17, 15) is 4.79 Å². The molecule has 0 saturated heterocycles. The summed E-state index contributed by atoms with van der Waals surface area (Å²) in [6.07, 6.45) is 1.53. The highest BCUT2D eigenvalue weighted by atomic mass is 16.5. The van der Waals surface area contributed by atoms with Crippen molar-refractivity contribution < 1.29 is 9.47 Å². The number of nitrogens with one attached hydrogen (secondary N) is 1. The fourth-order valence-corrected chi connectivity index (χ4v) is 1.82. The van der Waals surface area contributed by atoms with Crippen LogP contribution >= 0.6 is 0 Å². The lowest BCUT2D eigenvalue weighted by Crippen LogP contribution is -2.11. The Balaban J connectivity index is 2.70. The van der Waals surface area contributed by atoms with Crippen molar-refractivity contribution in [1.29, 1.82) is 0 Å². The lowest BCUT2D eigenvalue weighted by Gasteiger charge is -2.13. The van der Waals surface area contributed by atoms with Gasteiger partial charge in [0.1, 0.15) is 0 Å². The summed E-state index contributed by atoms with van der Waals surface area (Å²) < 4.78 is 10.6. The van der Waals surface area contributed by atoms with Crippen molar-refractivity contribution in [3.63, 3.8) is 0 Å². The van der Waals surface area contributed by atoms with Crippen LogP contribution in [0.2, 0.25) is 0 Å². The number of rotatable bonds is 3. The lowest BCUT2D eigenvalue weighted by molar-refractivity contribution is 0.356. The molecule has 0 radical (unpaired) electrons. The molecule has 2 rings (SSSR count). The van der Waals surface area contributed by atoms with E-state index in [1.165, 1.54) is 6.20 Å². The standard InChI is InChI=1S/C13H14N2O3/c1-8-7-14-13(16)15-11(8)9-5-4-6-10(17-2)12(9)18-3/h4-7H,1-3H3,(H,14,15,16). The molecule has 2 aromatic rings. The van der Waals surface area contributed by atoms with Crippen LogP contribution in [-0.4, -0.2) is 24.2 Å². The Morgan fingerprint density at radius 1 is 1.22 bits per heavy atom. The SMILES string of the molecule is COc1cccc(-c2[nH]c(=O)ncc2C)c1OC. The van der Waals surface area contributed by atoms with Crippen molar-refractivity contribution in [3.05, 3.63) is 40.4 Å². The smallest absolute Gasteiger partial charge is 0.345 e. The summed E-state index contributed by atoms with van der Waals surface area (Å²) in [7, 11) is 3.14. The van der Waals surface area contributed by atoms with Gasteiger partial charge in [-0.05, 0) is 24.6 Å². The van der Waals surface area contributed by atoms with Crippen LogP contribution in [0.15, 0.2) is 29.2 Å². The quantitative estimate of drug-likeness (QED) is 0.896. The summed E-state index contributed by atoms with van der Waals surface area (Å²) in [4.78, 5) is 17.7. The van der Waals surface area contributed by atoms with E-state index in [0.29, 0.717) is 17.2 Å². The second-order valence-corrected chi connectivity index (χ2v) is 3.79. The minimum atomic E-state index is -0.388. The van der Waals surface area contributed by atoms with Gasteiger partial charge in [0.25, 0.3) is 0 Å². The number of nitrogens with zero attached hydrogens (tertiary/aromatic N) is 1. The van der Waals surface area contributed by atoms with Crippen molar-refractivity contribution in [2.75, 3.05) is 14.2 Å². The molecule has 1 heterocycles. The first-order valence-electron chi connectivity index (χ1n) is 5.44. The number of benzene rings is 1. The number of aryl methyl sites for hydroxylation is 1. The van der Waals surface area contributed by atoms with Gasteiger partial charge in [0, 0.05) is 11.8 Å². The third-order valence-corrected chi connectivity index (χ3v) is 2.67. The second-order valence-electron chi connectivity index (χ2n) is 3.79. The Morgan fingerprint density at radius 2 is 2.00 bits per heavy atom. The molecule has 1 N–H and O–H groups in total. The Kier molecular flexibility index (Phi) is 3.32. The maximum atomic E-state index is 11.3. The van der Waals surface area contributed by atoms with E-state index in [0.717, 1.165) is 11.1 Å². The summed E-state index contributed by atoms with van der Waals surface area (Å²) in [6, 6.07) is 5.51. The first-order valence-corrected chi connectivity index (χ1v) is 5.44. The molecular formula is C13H14N2O3. The average molecular weight is 246 g/mol. The number of aromatic nitrogens is 2. The zero-order valence-corrected chi connectivity index (χ0v) is 10.5. The molecule has 0 atom stereocenters. The summed E-state index contributed by atoms with van der Waals surface area (Å²) in [5, 5.41) is 0. The summed E-state index contributed by atoms with van der Waals surface area (Å²) in [5.41, 5.74) is 1.93. The largest absolute Gasteiger partial charge is 0.493 e. The van der Waals surface area contributed by atoms with Crippen molar-refractivity contribution in [3.8, 4) is 22.8 Å². The number of ether oxygens (including phenoxy) is 2. The van der Waals surface area contributed by atoms with Crippen LogP contribution < -0.4 is 15.2 Å². The molecule has 5 heteroatoms. The number of H-pyrrole nitrogens is 1. The van der Waals surface area contributed by atoms with E-state index in [1.807, 2.05) is 19.1 Å². The molecule has 0 fully saturated rings. The maximum absolute atomic E-state index is 11.3. The highest BCUT2D eigenvalue weighted by molar-refractivity contribution is 5.72. The van der Waals surface area contributed by atoms with E-state index in [-0.39, 0.29) is 5.69 Å². The Hall–Kier alpha value is -2.30. The molecule has 1 aromatic heterocycles. The fourth-order valence-electron chi connectivity index (χ4n) is 1.82. The molecule has 0 spiro atoms. The van der Waals surface area contributed by atoms with Crippen LogP contribution in [0, 0.1) is 6.92 Å². The zero-order valence-electron chi connectivity index (χ0n) is 10.5. The molecule has 0 bridgehead atoms. The van der Waals surface area contributed by atoms with Crippen molar-refractivity contribution in [2.24, 2.45) is 0 Å². The first-order chi connectivity index (χ1) is 8.67. The lowest BCUT2D eigenvalue weighted by atomic mass is 10.1. The summed E-state index contributed by atoms with van der Waals surface area (Å²) in [5.74, 6) is 1.21. The molecule has 0 aliphatic rings. The zero-order chi connectivity index (χ0) is 13.1. The van der Waals surface area contributed by atoms with E-state index >= 15 is 0 Å². The highest BCUT2D eigenvalue weighted by Gasteiger charge is 2.13. The minimum Gasteiger partial charge on any atom is -0.493 e. The molecular weight excluding hydrogens is 232 g/mol. The van der Waals surface area contributed by atoms with Crippen LogP contribution in [0.5, 0.6) is 11.5 Å².